The Kier molecular flexibility index (Phi) is 3.29. The van der Waals surface area contributed by atoms with Gasteiger partial charge in [0.1, 0.15) is 6.04 Å². The largest absolute Gasteiger partial charge is 0.420 e. The Morgan fingerprint density at radius 1 is 1.21 bits per heavy atom. The predicted molar refractivity (Wildman–Crippen MR) is 52.2 cm³/mol. The van der Waals surface area contributed by atoms with E-state index in [4.69, 9.17) is 5.11 Å². The van der Waals surface area contributed by atoms with Gasteiger partial charge in [0.15, 0.2) is 6.10 Å². The average Bonchev–Trinajstić information content (AvgIpc) is 2.68. The Bertz CT molecular complexity index is 450. The van der Waals surface area contributed by atoms with Gasteiger partial charge in [0.05, 0.1) is 5.69 Å². The van der Waals surface area contributed by atoms with E-state index in [1.807, 2.05) is 0 Å². The Balaban J connectivity index is 2.41. The van der Waals surface area contributed by atoms with Crippen LogP contribution in [-0.4, -0.2) is 28.6 Å². The van der Waals surface area contributed by atoms with E-state index in [0.717, 1.165) is 16.7 Å². The van der Waals surface area contributed by atoms with Gasteiger partial charge in [-0.05, 0) is 12.1 Å². The molecular weight excluding hydrogens is 278 g/mol. The molecule has 0 spiro atoms. The lowest BCUT2D eigenvalue weighted by Crippen LogP contribution is -2.42. The number of rotatable bonds is 1. The lowest BCUT2D eigenvalue weighted by atomic mass is 10.1. The molecule has 2 rings (SSSR count). The molecule has 3 nitrogen and oxygen atoms in total. The number of nitrogens with one attached hydrogen (secondary N) is 1. The van der Waals surface area contributed by atoms with Gasteiger partial charge in [-0.1, -0.05) is 0 Å². The normalized spacial score (nSPS) is 22.2. The molecule has 1 aromatic rings. The number of aromatic nitrogens is 1. The molecule has 0 saturated heterocycles. The van der Waals surface area contributed by atoms with Crippen molar-refractivity contribution in [3.8, 4) is 0 Å². The Labute approximate surface area is 103 Å². The van der Waals surface area contributed by atoms with Crippen LogP contribution in [0.3, 0.4) is 0 Å². The first kappa shape index (κ1) is 14.2. The molecule has 2 atom stereocenters. The van der Waals surface area contributed by atoms with Gasteiger partial charge in [-0.2, -0.15) is 26.3 Å². The molecule has 0 saturated carbocycles. The lowest BCUT2D eigenvalue weighted by molar-refractivity contribution is -0.209. The molecule has 1 aromatic heterocycles. The summed E-state index contributed by atoms with van der Waals surface area (Å²) in [6.07, 6.45) is -12.3. The van der Waals surface area contributed by atoms with Crippen molar-refractivity contribution in [1.29, 1.82) is 0 Å². The molecule has 0 amide bonds. The van der Waals surface area contributed by atoms with Crippen molar-refractivity contribution >= 4 is 0 Å². The Morgan fingerprint density at radius 2 is 1.84 bits per heavy atom. The zero-order valence-corrected chi connectivity index (χ0v) is 9.39. The third-order valence-electron chi connectivity index (χ3n) is 2.95. The van der Waals surface area contributed by atoms with E-state index < -0.39 is 30.2 Å². The van der Waals surface area contributed by atoms with Crippen LogP contribution in [0.4, 0.5) is 26.3 Å². The van der Waals surface area contributed by atoms with Crippen molar-refractivity contribution in [2.24, 2.45) is 0 Å². The highest BCUT2D eigenvalue weighted by atomic mass is 19.4. The zero-order valence-electron chi connectivity index (χ0n) is 9.39. The highest BCUT2D eigenvalue weighted by Crippen LogP contribution is 2.39. The fourth-order valence-corrected chi connectivity index (χ4v) is 2.13. The van der Waals surface area contributed by atoms with E-state index >= 15 is 0 Å². The van der Waals surface area contributed by atoms with Gasteiger partial charge in [0, 0.05) is 18.8 Å². The fourth-order valence-electron chi connectivity index (χ4n) is 2.13. The van der Waals surface area contributed by atoms with Crippen LogP contribution in [0.1, 0.15) is 23.5 Å². The number of hydrogen-bond donors (Lipinski definition) is 2. The highest BCUT2D eigenvalue weighted by Gasteiger charge is 2.46. The Hall–Kier alpha value is -1.22. The topological polar surface area (TPSA) is 37.2 Å². The first-order valence-electron chi connectivity index (χ1n) is 5.36. The van der Waals surface area contributed by atoms with Gasteiger partial charge >= 0.3 is 12.4 Å². The quantitative estimate of drug-likeness (QED) is 0.778. The van der Waals surface area contributed by atoms with E-state index in [2.05, 4.69) is 5.32 Å². The lowest BCUT2D eigenvalue weighted by Gasteiger charge is -2.30. The zero-order chi connectivity index (χ0) is 14.4. The molecule has 1 aliphatic heterocycles. The van der Waals surface area contributed by atoms with Gasteiger partial charge in [0.2, 0.25) is 0 Å². The average molecular weight is 288 g/mol. The van der Waals surface area contributed by atoms with Crippen molar-refractivity contribution in [2.75, 3.05) is 6.54 Å². The van der Waals surface area contributed by atoms with E-state index in [1.165, 1.54) is 0 Å². The SMILES string of the molecule is OC(c1ccc2n1CCNC2C(F)(F)F)C(F)(F)F. The summed E-state index contributed by atoms with van der Waals surface area (Å²) in [5, 5.41) is 11.3. The second-order valence-electron chi connectivity index (χ2n) is 4.21. The monoisotopic (exact) mass is 288 g/mol. The van der Waals surface area contributed by atoms with E-state index in [1.54, 1.807) is 0 Å². The summed E-state index contributed by atoms with van der Waals surface area (Å²) in [7, 11) is 0. The van der Waals surface area contributed by atoms with Crippen LogP contribution in [-0.2, 0) is 6.54 Å². The first-order chi connectivity index (χ1) is 8.62. The third-order valence-corrected chi connectivity index (χ3v) is 2.95. The van der Waals surface area contributed by atoms with Crippen LogP contribution in [0.2, 0.25) is 0 Å². The van der Waals surface area contributed by atoms with E-state index in [-0.39, 0.29) is 18.8 Å². The molecule has 108 valence electrons. The summed E-state index contributed by atoms with van der Waals surface area (Å²) in [5.41, 5.74) is -0.893. The van der Waals surface area contributed by atoms with Crippen LogP contribution in [0.25, 0.3) is 0 Å². The van der Waals surface area contributed by atoms with Gasteiger partial charge in [-0.3, -0.25) is 5.32 Å². The maximum absolute atomic E-state index is 12.7. The van der Waals surface area contributed by atoms with Gasteiger partial charge in [0.25, 0.3) is 0 Å². The maximum Gasteiger partial charge on any atom is 0.420 e. The molecule has 0 radical (unpaired) electrons. The molecule has 2 unspecified atom stereocenters. The molecule has 9 heteroatoms. The second kappa shape index (κ2) is 4.41. The van der Waals surface area contributed by atoms with Gasteiger partial charge in [-0.25, -0.2) is 0 Å². The summed E-state index contributed by atoms with van der Waals surface area (Å²) >= 11 is 0. The number of alkyl halides is 6. The summed E-state index contributed by atoms with van der Waals surface area (Å²) < 4.78 is 76.2. The van der Waals surface area contributed by atoms with Crippen molar-refractivity contribution in [3.63, 3.8) is 0 Å². The molecule has 19 heavy (non-hydrogen) atoms. The van der Waals surface area contributed by atoms with Gasteiger partial charge in [-0.15, -0.1) is 0 Å². The van der Waals surface area contributed by atoms with Crippen LogP contribution >= 0.6 is 0 Å². The molecule has 0 aromatic carbocycles. The Morgan fingerprint density at radius 3 is 2.37 bits per heavy atom. The minimum atomic E-state index is -4.91. The van der Waals surface area contributed by atoms with Crippen LogP contribution in [0.5, 0.6) is 0 Å². The number of aliphatic hydroxyl groups excluding tert-OH is 1. The minimum absolute atomic E-state index is 0.0581. The van der Waals surface area contributed by atoms with Crippen LogP contribution in [0.15, 0.2) is 12.1 Å². The second-order valence-corrected chi connectivity index (χ2v) is 4.21. The molecule has 0 bridgehead atoms. The molecule has 2 N–H and O–H groups in total. The summed E-state index contributed by atoms with van der Waals surface area (Å²) in [4.78, 5) is 0. The van der Waals surface area contributed by atoms with Crippen molar-refractivity contribution in [2.45, 2.75) is 31.0 Å². The minimum Gasteiger partial charge on any atom is -0.378 e. The maximum atomic E-state index is 12.7. The van der Waals surface area contributed by atoms with Crippen molar-refractivity contribution < 1.29 is 31.4 Å². The van der Waals surface area contributed by atoms with Crippen LogP contribution in [0, 0.1) is 0 Å². The fraction of sp³-hybridized carbons (Fsp3) is 0.600. The number of fused-ring (bicyclic) bond motifs is 1. The van der Waals surface area contributed by atoms with E-state index in [9.17, 15) is 26.3 Å². The van der Waals surface area contributed by atoms with Crippen LogP contribution < -0.4 is 5.32 Å². The molecule has 0 aliphatic carbocycles. The van der Waals surface area contributed by atoms with E-state index in [0.29, 0.717) is 0 Å². The standard InChI is InChI=1S/C10H10F6N2O/c11-9(12,13)7-5-1-2-6(8(19)10(14,15)16)18(5)4-3-17-7/h1-2,7-8,17,19H,3-4H2. The predicted octanol–water partition coefficient (Wildman–Crippen LogP) is 2.29. The number of nitrogens with zero attached hydrogens (tertiary/aromatic N) is 1. The number of halogens is 6. The molecule has 1 aliphatic rings. The third kappa shape index (κ3) is 2.57. The molecule has 2 heterocycles. The first-order valence-corrected chi connectivity index (χ1v) is 5.36. The summed E-state index contributed by atoms with van der Waals surface area (Å²) in [6.45, 7) is -0.180. The smallest absolute Gasteiger partial charge is 0.378 e. The summed E-state index contributed by atoms with van der Waals surface area (Å²) in [5.74, 6) is 0. The van der Waals surface area contributed by atoms with Crippen molar-refractivity contribution in [1.82, 2.24) is 9.88 Å². The van der Waals surface area contributed by atoms with Gasteiger partial charge < -0.3 is 9.67 Å². The number of aliphatic hydroxyl groups is 1. The molecule has 0 fully saturated rings. The molecular formula is C10H10F6N2O. The highest BCUT2D eigenvalue weighted by molar-refractivity contribution is 5.24. The van der Waals surface area contributed by atoms with Crippen molar-refractivity contribution in [3.05, 3.63) is 23.5 Å². The number of hydrogen-bond acceptors (Lipinski definition) is 2. The summed E-state index contributed by atoms with van der Waals surface area (Å²) in [6, 6.07) is -0.191.